The van der Waals surface area contributed by atoms with Gasteiger partial charge in [-0.05, 0) is 57.2 Å². The van der Waals surface area contributed by atoms with Crippen molar-refractivity contribution >= 4 is 32.6 Å². The quantitative estimate of drug-likeness (QED) is 0.647. The second-order valence-electron chi connectivity index (χ2n) is 8.03. The number of rotatable bonds is 4. The number of nitrogens with zero attached hydrogens (tertiary/aromatic N) is 1. The van der Waals surface area contributed by atoms with Crippen molar-refractivity contribution in [2.24, 2.45) is 0 Å². The number of nitrogens with one attached hydrogen (secondary N) is 1. The van der Waals surface area contributed by atoms with Crippen LogP contribution in [0.15, 0.2) is 62.6 Å². The number of morpholine rings is 1. The van der Waals surface area contributed by atoms with Crippen molar-refractivity contribution in [1.29, 1.82) is 0 Å². The summed E-state index contributed by atoms with van der Waals surface area (Å²) in [6.45, 7) is 6.10. The second-order valence-corrected chi connectivity index (χ2v) is 9.97. The van der Waals surface area contributed by atoms with Crippen LogP contribution >= 0.6 is 0 Å². The number of amides is 1. The highest BCUT2D eigenvalue weighted by atomic mass is 32.2. The number of ether oxygens (including phenoxy) is 1. The molecule has 1 saturated heterocycles. The van der Waals surface area contributed by atoms with Gasteiger partial charge in [-0.3, -0.25) is 9.59 Å². The summed E-state index contributed by atoms with van der Waals surface area (Å²) in [6, 6.07) is 12.2. The Hall–Kier alpha value is -3.01. The maximum absolute atomic E-state index is 13.0. The van der Waals surface area contributed by atoms with E-state index in [4.69, 9.17) is 9.15 Å². The highest BCUT2D eigenvalue weighted by molar-refractivity contribution is 7.89. The van der Waals surface area contributed by atoms with Gasteiger partial charge in [-0.25, -0.2) is 8.42 Å². The van der Waals surface area contributed by atoms with E-state index in [1.165, 1.54) is 28.6 Å². The first-order valence-electron chi connectivity index (χ1n) is 10.2. The van der Waals surface area contributed by atoms with Gasteiger partial charge in [0.2, 0.25) is 10.0 Å². The molecule has 1 aromatic heterocycles. The monoisotopic (exact) mass is 456 g/mol. The van der Waals surface area contributed by atoms with Crippen molar-refractivity contribution in [1.82, 2.24) is 4.31 Å². The van der Waals surface area contributed by atoms with E-state index in [1.54, 1.807) is 18.2 Å². The molecule has 1 fully saturated rings. The van der Waals surface area contributed by atoms with Crippen molar-refractivity contribution in [2.45, 2.75) is 37.9 Å². The molecule has 0 bridgehead atoms. The van der Waals surface area contributed by atoms with E-state index in [9.17, 15) is 18.0 Å². The molecule has 9 heteroatoms. The third kappa shape index (κ3) is 4.45. The Bertz CT molecular complexity index is 1320. The van der Waals surface area contributed by atoms with Gasteiger partial charge in [0.25, 0.3) is 5.91 Å². The molecular weight excluding hydrogens is 432 g/mol. The molecule has 1 amide bonds. The van der Waals surface area contributed by atoms with Crippen LogP contribution in [-0.2, 0) is 14.8 Å². The number of sulfonamides is 1. The van der Waals surface area contributed by atoms with Gasteiger partial charge >= 0.3 is 0 Å². The molecule has 2 heterocycles. The first kappa shape index (κ1) is 22.2. The highest BCUT2D eigenvalue weighted by Crippen LogP contribution is 2.23. The summed E-state index contributed by atoms with van der Waals surface area (Å²) < 4.78 is 38.5. The molecule has 0 unspecified atom stereocenters. The van der Waals surface area contributed by atoms with Gasteiger partial charge < -0.3 is 14.5 Å². The first-order valence-corrected chi connectivity index (χ1v) is 11.7. The van der Waals surface area contributed by atoms with Gasteiger partial charge in [0.1, 0.15) is 5.58 Å². The topological polar surface area (TPSA) is 106 Å². The van der Waals surface area contributed by atoms with Crippen LogP contribution in [0, 0.1) is 6.92 Å². The summed E-state index contributed by atoms with van der Waals surface area (Å²) in [6.07, 6.45) is -0.375. The summed E-state index contributed by atoms with van der Waals surface area (Å²) >= 11 is 0. The number of carbonyl (C=O) groups is 1. The van der Waals surface area contributed by atoms with Gasteiger partial charge in [0, 0.05) is 24.8 Å². The molecule has 1 aliphatic heterocycles. The molecule has 8 nitrogen and oxygen atoms in total. The third-order valence-corrected chi connectivity index (χ3v) is 7.09. The number of carbonyl (C=O) groups excluding carboxylic acids is 1. The van der Waals surface area contributed by atoms with E-state index in [0.717, 1.165) is 11.6 Å². The Kier molecular flexibility index (Phi) is 5.89. The summed E-state index contributed by atoms with van der Waals surface area (Å²) in [5, 5.41) is 3.04. The van der Waals surface area contributed by atoms with Crippen LogP contribution < -0.4 is 10.7 Å². The lowest BCUT2D eigenvalue weighted by Crippen LogP contribution is -2.48. The summed E-state index contributed by atoms with van der Waals surface area (Å²) in [5.74, 6) is -0.727. The fourth-order valence-corrected chi connectivity index (χ4v) is 5.35. The van der Waals surface area contributed by atoms with Crippen molar-refractivity contribution in [3.8, 4) is 0 Å². The predicted molar refractivity (Wildman–Crippen MR) is 120 cm³/mol. The zero-order valence-corrected chi connectivity index (χ0v) is 18.8. The van der Waals surface area contributed by atoms with Gasteiger partial charge in [0.15, 0.2) is 11.2 Å². The van der Waals surface area contributed by atoms with Gasteiger partial charge in [0.05, 0.1) is 22.5 Å². The second kappa shape index (κ2) is 8.50. The molecular formula is C23H24N2O6S. The van der Waals surface area contributed by atoms with Crippen LogP contribution in [0.2, 0.25) is 0 Å². The van der Waals surface area contributed by atoms with Gasteiger partial charge in [-0.15, -0.1) is 0 Å². The molecule has 0 spiro atoms. The van der Waals surface area contributed by atoms with Crippen molar-refractivity contribution in [3.63, 3.8) is 0 Å². The maximum Gasteiger partial charge on any atom is 0.291 e. The smallest absolute Gasteiger partial charge is 0.291 e. The zero-order chi connectivity index (χ0) is 23.0. The normalized spacial score (nSPS) is 19.7. The molecule has 0 aliphatic carbocycles. The average molecular weight is 457 g/mol. The molecule has 0 radical (unpaired) electrons. The van der Waals surface area contributed by atoms with Crippen LogP contribution in [0.4, 0.5) is 5.69 Å². The number of anilines is 1. The molecule has 0 saturated carbocycles. The van der Waals surface area contributed by atoms with Gasteiger partial charge in [-0.2, -0.15) is 4.31 Å². The van der Waals surface area contributed by atoms with Gasteiger partial charge in [-0.1, -0.05) is 11.6 Å². The van der Waals surface area contributed by atoms with E-state index in [2.05, 4.69) is 5.32 Å². The lowest BCUT2D eigenvalue weighted by atomic mass is 10.1. The van der Waals surface area contributed by atoms with Crippen LogP contribution in [-0.4, -0.2) is 43.9 Å². The Balaban J connectivity index is 1.52. The summed E-state index contributed by atoms with van der Waals surface area (Å²) in [7, 11) is -3.68. The summed E-state index contributed by atoms with van der Waals surface area (Å²) in [5.41, 5.74) is 1.31. The molecule has 1 aliphatic rings. The van der Waals surface area contributed by atoms with Crippen molar-refractivity contribution < 1.29 is 22.4 Å². The predicted octanol–water partition coefficient (Wildman–Crippen LogP) is 3.15. The first-order chi connectivity index (χ1) is 15.1. The van der Waals surface area contributed by atoms with E-state index in [-0.39, 0.29) is 41.4 Å². The van der Waals surface area contributed by atoms with Crippen LogP contribution in [0.5, 0.6) is 0 Å². The molecule has 3 aromatic rings. The number of benzene rings is 2. The Morgan fingerprint density at radius 1 is 1.03 bits per heavy atom. The lowest BCUT2D eigenvalue weighted by molar-refractivity contribution is -0.0440. The van der Waals surface area contributed by atoms with E-state index >= 15 is 0 Å². The zero-order valence-electron chi connectivity index (χ0n) is 18.0. The fourth-order valence-electron chi connectivity index (χ4n) is 3.76. The van der Waals surface area contributed by atoms with Crippen LogP contribution in [0.25, 0.3) is 11.0 Å². The minimum absolute atomic E-state index is 0.126. The number of fused-ring (bicyclic) bond motifs is 1. The minimum atomic E-state index is -3.68. The highest BCUT2D eigenvalue weighted by Gasteiger charge is 2.32. The Morgan fingerprint density at radius 3 is 2.34 bits per heavy atom. The molecule has 1 N–H and O–H groups in total. The van der Waals surface area contributed by atoms with Crippen LogP contribution in [0.1, 0.15) is 30.0 Å². The molecule has 2 aromatic carbocycles. The minimum Gasteiger partial charge on any atom is -0.451 e. The SMILES string of the molecule is Cc1ccc2oc(C(=O)Nc3ccc(S(=O)(=O)N4C[C@@H](C)O[C@H](C)C4)cc3)cc(=O)c2c1. The molecule has 4 rings (SSSR count). The third-order valence-electron chi connectivity index (χ3n) is 5.24. The summed E-state index contributed by atoms with van der Waals surface area (Å²) in [4.78, 5) is 25.1. The number of hydrogen-bond donors (Lipinski definition) is 1. The Morgan fingerprint density at radius 2 is 1.69 bits per heavy atom. The number of hydrogen-bond acceptors (Lipinski definition) is 6. The van der Waals surface area contributed by atoms with Crippen molar-refractivity contribution in [2.75, 3.05) is 18.4 Å². The number of aryl methyl sites for hydroxylation is 1. The van der Waals surface area contributed by atoms with E-state index in [0.29, 0.717) is 16.7 Å². The molecule has 2 atom stereocenters. The average Bonchev–Trinajstić information content (AvgIpc) is 2.74. The van der Waals surface area contributed by atoms with E-state index in [1.807, 2.05) is 20.8 Å². The maximum atomic E-state index is 13.0. The molecule has 168 valence electrons. The molecule has 32 heavy (non-hydrogen) atoms. The van der Waals surface area contributed by atoms with Crippen molar-refractivity contribution in [3.05, 3.63) is 70.1 Å². The standard InChI is InChI=1S/C23H24N2O6S/c1-14-4-9-21-19(10-14)20(26)11-22(31-21)23(27)24-17-5-7-18(8-6-17)32(28,29)25-12-15(2)30-16(3)13-25/h4-11,15-16H,12-13H2,1-3H3,(H,24,27)/t15-,16-/m1/s1. The largest absolute Gasteiger partial charge is 0.451 e. The van der Waals surface area contributed by atoms with Crippen LogP contribution in [0.3, 0.4) is 0 Å². The van der Waals surface area contributed by atoms with E-state index < -0.39 is 15.9 Å². The Labute approximate surface area is 185 Å². The fraction of sp³-hybridized carbons (Fsp3) is 0.304. The lowest BCUT2D eigenvalue weighted by Gasteiger charge is -2.34.